The van der Waals surface area contributed by atoms with Crippen molar-refractivity contribution in [2.75, 3.05) is 0 Å². The summed E-state index contributed by atoms with van der Waals surface area (Å²) in [5.41, 5.74) is 18.7. The Morgan fingerprint density at radius 1 is 0.292 bits per heavy atom. The molecule has 434 valence electrons. The van der Waals surface area contributed by atoms with Crippen molar-refractivity contribution in [2.24, 2.45) is 0 Å². The van der Waals surface area contributed by atoms with Gasteiger partial charge in [0.25, 0.3) is 0 Å². The molecule has 0 aliphatic heterocycles. The molecular weight excluding hydrogens is 1100 g/mol. The van der Waals surface area contributed by atoms with Gasteiger partial charge >= 0.3 is 0 Å². The van der Waals surface area contributed by atoms with E-state index in [1.54, 1.807) is 0 Å². The third-order valence-corrected chi connectivity index (χ3v) is 20.2. The van der Waals surface area contributed by atoms with Crippen molar-refractivity contribution < 1.29 is 0 Å². The fraction of sp³-hybridized carbons (Fsp3) is 0.193. The Kier molecular flexibility index (Phi) is 11.8. The fourth-order valence-electron chi connectivity index (χ4n) is 15.4. The quantitative estimate of drug-likeness (QED) is 0.169. The van der Waals surface area contributed by atoms with Crippen LogP contribution in [-0.2, 0) is 21.7 Å². The molecule has 11 aromatic carbocycles. The van der Waals surface area contributed by atoms with Crippen molar-refractivity contribution in [3.05, 3.63) is 240 Å². The minimum atomic E-state index is -0.221. The summed E-state index contributed by atoms with van der Waals surface area (Å²) in [5.74, 6) is 0. The van der Waals surface area contributed by atoms with Crippen LogP contribution in [0.15, 0.2) is 212 Å². The number of nitriles is 1. The molecule has 0 atom stereocenters. The molecule has 16 rings (SSSR count). The Hall–Kier alpha value is -9.67. The van der Waals surface area contributed by atoms with Gasteiger partial charge in [0.05, 0.1) is 66.9 Å². The van der Waals surface area contributed by atoms with Crippen molar-refractivity contribution in [1.82, 2.24) is 18.3 Å². The Morgan fingerprint density at radius 3 is 0.921 bits per heavy atom. The van der Waals surface area contributed by atoms with Crippen LogP contribution < -0.4 is 0 Å². The number of hydrogen-bond donors (Lipinski definition) is 0. The van der Waals surface area contributed by atoms with Gasteiger partial charge in [-0.25, -0.2) is 0 Å². The van der Waals surface area contributed by atoms with Crippen molar-refractivity contribution >= 4 is 119 Å². The molecule has 0 N–H and O–H groups in total. The summed E-state index contributed by atoms with van der Waals surface area (Å²) in [6, 6.07) is 82.7. The van der Waals surface area contributed by atoms with Gasteiger partial charge in [0, 0.05) is 68.8 Å². The molecule has 0 fully saturated rings. The first-order chi connectivity index (χ1) is 42.7. The second-order valence-electron chi connectivity index (χ2n) is 28.8. The molecule has 0 aliphatic rings. The Labute approximate surface area is 523 Å². The number of para-hydroxylation sites is 4. The highest BCUT2D eigenvalue weighted by molar-refractivity contribution is 7.25. The van der Waals surface area contributed by atoms with Crippen molar-refractivity contribution in [2.45, 2.75) is 105 Å². The Balaban J connectivity index is 1.29. The Bertz CT molecular complexity index is 5440. The highest BCUT2D eigenvalue weighted by atomic mass is 32.1. The van der Waals surface area contributed by atoms with Crippen LogP contribution in [0.5, 0.6) is 0 Å². The summed E-state index contributed by atoms with van der Waals surface area (Å²) in [5, 5.41) is 25.3. The molecule has 5 aromatic heterocycles. The van der Waals surface area contributed by atoms with Gasteiger partial charge < -0.3 is 18.3 Å². The van der Waals surface area contributed by atoms with Gasteiger partial charge in [-0.3, -0.25) is 0 Å². The molecule has 0 saturated carbocycles. The first-order valence-corrected chi connectivity index (χ1v) is 32.2. The lowest BCUT2D eigenvalue weighted by Crippen LogP contribution is -2.17. The van der Waals surface area contributed by atoms with Crippen molar-refractivity contribution in [1.29, 1.82) is 5.26 Å². The number of aromatic nitrogens is 4. The molecule has 0 radical (unpaired) electrons. The lowest BCUT2D eigenvalue weighted by Gasteiger charge is -2.30. The van der Waals surface area contributed by atoms with Crippen LogP contribution in [0.3, 0.4) is 0 Å². The number of fused-ring (bicyclic) bond motifs is 15. The van der Waals surface area contributed by atoms with Gasteiger partial charge in [-0.05, 0) is 110 Å². The van der Waals surface area contributed by atoms with Gasteiger partial charge in [-0.1, -0.05) is 235 Å². The van der Waals surface area contributed by atoms with E-state index in [1.807, 2.05) is 11.3 Å². The van der Waals surface area contributed by atoms with E-state index >= 15 is 0 Å². The molecule has 0 spiro atoms. The lowest BCUT2D eigenvalue weighted by molar-refractivity contribution is 0.596. The topological polar surface area (TPSA) is 43.5 Å². The SMILES string of the molecule is CC(C)(C)c1cccc2c1c1ccccc1n2-c1c(C#N)c(-n2c3ccccc3c3c(C(C)(C)C)cccc32)c(-n2c3ccccc3c3c(C(C)(C)C)cccc32)c(-c2ccc3c(c2)sc2ccccc23)c1-n1c2ccccc2c2c(C(C)(C)C)cccc21. The maximum atomic E-state index is 13.4. The summed E-state index contributed by atoms with van der Waals surface area (Å²) in [4.78, 5) is 0. The van der Waals surface area contributed by atoms with Gasteiger partial charge in [0.1, 0.15) is 11.6 Å². The average molecular weight is 1170 g/mol. The largest absolute Gasteiger partial charge is 0.306 e. The van der Waals surface area contributed by atoms with Crippen LogP contribution in [0, 0.1) is 11.3 Å². The highest BCUT2D eigenvalue weighted by Crippen LogP contribution is 2.55. The van der Waals surface area contributed by atoms with E-state index in [9.17, 15) is 5.26 Å². The molecule has 5 nitrogen and oxygen atoms in total. The van der Waals surface area contributed by atoms with E-state index < -0.39 is 0 Å². The molecule has 16 aromatic rings. The molecule has 0 unspecified atom stereocenters. The van der Waals surface area contributed by atoms with Gasteiger partial charge in [0.2, 0.25) is 0 Å². The second-order valence-corrected chi connectivity index (χ2v) is 29.9. The van der Waals surface area contributed by atoms with Crippen molar-refractivity contribution in [3.63, 3.8) is 0 Å². The third kappa shape index (κ3) is 7.90. The maximum Gasteiger partial charge on any atom is 0.104 e. The number of thiophene rings is 1. The van der Waals surface area contributed by atoms with E-state index in [1.165, 1.54) is 64.0 Å². The molecule has 5 heterocycles. The third-order valence-electron chi connectivity index (χ3n) is 19.1. The number of rotatable bonds is 5. The standard InChI is InChI=1S/C83H71N5S/c1-80(2,3)57-32-23-40-65-72(57)52-28-13-18-36-61(52)85(65)76-56(48-84)77(86-62-37-19-14-29-53(62)73-58(81(4,5)6)33-24-41-66(73)86)79(88-64-39-21-16-31-55(64)75-60(83(10,11)12)35-26-43-68(75)88)71(49-45-46-51-50-27-17-22-44-69(50)89-70(51)47-49)78(76)87-63-38-20-15-30-54(63)74-59(82(7,8)9)34-25-42-67(74)87/h13-47H,1-12H3. The molecule has 0 amide bonds. The van der Waals surface area contributed by atoms with Crippen LogP contribution in [0.25, 0.3) is 141 Å². The normalized spacial score (nSPS) is 12.9. The molecule has 0 saturated heterocycles. The first-order valence-electron chi connectivity index (χ1n) is 31.4. The zero-order valence-electron chi connectivity index (χ0n) is 52.9. The lowest BCUT2D eigenvalue weighted by atomic mass is 9.84. The zero-order valence-corrected chi connectivity index (χ0v) is 53.7. The predicted octanol–water partition coefficient (Wildman–Crippen LogP) is 23.2. The van der Waals surface area contributed by atoms with E-state index in [-0.39, 0.29) is 21.7 Å². The molecule has 6 heteroatoms. The molecular formula is C83H71N5S. The zero-order chi connectivity index (χ0) is 61.4. The molecule has 0 aliphatic carbocycles. The number of benzene rings is 11. The molecule has 89 heavy (non-hydrogen) atoms. The smallest absolute Gasteiger partial charge is 0.104 e. The predicted molar refractivity (Wildman–Crippen MR) is 382 cm³/mol. The van der Waals surface area contributed by atoms with E-state index in [2.05, 4.69) is 320 Å². The highest BCUT2D eigenvalue weighted by Gasteiger charge is 2.37. The first kappa shape index (κ1) is 54.7. The molecule has 0 bridgehead atoms. The summed E-state index contributed by atoms with van der Waals surface area (Å²) < 4.78 is 12.6. The van der Waals surface area contributed by atoms with E-state index in [4.69, 9.17) is 0 Å². The van der Waals surface area contributed by atoms with Gasteiger partial charge in [-0.15, -0.1) is 11.3 Å². The maximum absolute atomic E-state index is 13.4. The van der Waals surface area contributed by atoms with Crippen LogP contribution in [0.1, 0.15) is 111 Å². The average Bonchev–Trinajstić information content (AvgIpc) is 1.62. The van der Waals surface area contributed by atoms with E-state index in [0.717, 1.165) is 99.6 Å². The minimum absolute atomic E-state index is 0.217. The van der Waals surface area contributed by atoms with Crippen LogP contribution in [0.4, 0.5) is 0 Å². The Morgan fingerprint density at radius 2 is 0.584 bits per heavy atom. The van der Waals surface area contributed by atoms with E-state index in [0.29, 0.717) is 5.56 Å². The minimum Gasteiger partial charge on any atom is -0.306 e. The summed E-state index contributed by atoms with van der Waals surface area (Å²) in [7, 11) is 0. The monoisotopic (exact) mass is 1170 g/mol. The fourth-order valence-corrected chi connectivity index (χ4v) is 16.5. The van der Waals surface area contributed by atoms with Gasteiger partial charge in [-0.2, -0.15) is 5.26 Å². The number of nitrogens with zero attached hydrogens (tertiary/aromatic N) is 5. The van der Waals surface area contributed by atoms with Gasteiger partial charge in [0.15, 0.2) is 0 Å². The summed E-state index contributed by atoms with van der Waals surface area (Å²) >= 11 is 1.85. The van der Waals surface area contributed by atoms with Crippen LogP contribution >= 0.6 is 11.3 Å². The summed E-state index contributed by atoms with van der Waals surface area (Å²) in [6.07, 6.45) is 0. The van der Waals surface area contributed by atoms with Crippen LogP contribution in [-0.4, -0.2) is 18.3 Å². The number of hydrogen-bond acceptors (Lipinski definition) is 2. The van der Waals surface area contributed by atoms with Crippen molar-refractivity contribution in [3.8, 4) is 39.9 Å². The summed E-state index contributed by atoms with van der Waals surface area (Å²) in [6.45, 7) is 28.0. The van der Waals surface area contributed by atoms with Crippen LogP contribution in [0.2, 0.25) is 0 Å². The second kappa shape index (κ2) is 19.2.